The number of hydrogen-bond acceptors (Lipinski definition) is 8. The number of para-hydroxylation sites is 2. The zero-order valence-electron chi connectivity index (χ0n) is 33.4. The summed E-state index contributed by atoms with van der Waals surface area (Å²) in [4.78, 5) is 0. The summed E-state index contributed by atoms with van der Waals surface area (Å²) in [6.45, 7) is 13.8. The minimum absolute atomic E-state index is 0.460. The monoisotopic (exact) mass is 772 g/mol. The fourth-order valence-electron chi connectivity index (χ4n) is 4.81. The molecule has 0 radical (unpaired) electrons. The van der Waals surface area contributed by atoms with Gasteiger partial charge in [-0.2, -0.15) is 18.6 Å². The molecule has 0 aliphatic carbocycles. The molecule has 294 valence electrons. The fraction of sp³-hybridized carbons (Fsp3) is 0.174. The topological polar surface area (TPSA) is 169 Å². The molecule has 0 aliphatic heterocycles. The zero-order valence-corrected chi connectivity index (χ0v) is 34.3. The molecule has 9 nitrogen and oxygen atoms in total. The molecule has 7 aromatic carbocycles. The zero-order chi connectivity index (χ0) is 41.5. The van der Waals surface area contributed by atoms with Crippen LogP contribution in [0.1, 0.15) is 44.4 Å². The Balaban J connectivity index is 0.000000263. The van der Waals surface area contributed by atoms with Gasteiger partial charge in [-0.25, -0.2) is 0 Å². The Labute approximate surface area is 333 Å². The van der Waals surface area contributed by atoms with Gasteiger partial charge in [-0.3, -0.25) is 4.55 Å². The van der Waals surface area contributed by atoms with Crippen LogP contribution in [0.25, 0.3) is 21.5 Å². The molecule has 7 rings (SSSR count). The van der Waals surface area contributed by atoms with Gasteiger partial charge in [-0.1, -0.05) is 125 Å². The van der Waals surface area contributed by atoms with E-state index in [2.05, 4.69) is 45.9 Å². The quantitative estimate of drug-likeness (QED) is 0.0658. The Morgan fingerprint density at radius 1 is 0.500 bits per heavy atom. The molecule has 8 N–H and O–H groups in total. The number of nitrogens with two attached hydrogens (primary N) is 3. The molecule has 56 heavy (non-hydrogen) atoms. The van der Waals surface area contributed by atoms with Gasteiger partial charge in [0.2, 0.25) is 0 Å². The van der Waals surface area contributed by atoms with Crippen molar-refractivity contribution in [2.24, 2.45) is 10.2 Å². The van der Waals surface area contributed by atoms with Crippen LogP contribution in [0.4, 0.5) is 34.1 Å². The molecule has 0 saturated carbocycles. The van der Waals surface area contributed by atoms with Crippen LogP contribution in [0, 0.1) is 20.8 Å². The fourth-order valence-corrected chi connectivity index (χ4v) is 5.15. The second-order valence-electron chi connectivity index (χ2n) is 12.0. The van der Waals surface area contributed by atoms with Crippen molar-refractivity contribution in [2.75, 3.05) is 28.4 Å². The van der Waals surface area contributed by atoms with Gasteiger partial charge in [-0.15, -0.1) is 0 Å². The Morgan fingerprint density at radius 3 is 1.46 bits per heavy atom. The van der Waals surface area contributed by atoms with Crippen molar-refractivity contribution in [3.05, 3.63) is 168 Å². The molecule has 0 heterocycles. The Hall–Kier alpha value is -6.23. The molecular formula is C46H56N6O3S. The average Bonchev–Trinajstić information content (AvgIpc) is 3.21. The number of nitrogen functional groups attached to an aromatic ring is 3. The van der Waals surface area contributed by atoms with Gasteiger partial charge in [0, 0.05) is 22.7 Å². The van der Waals surface area contributed by atoms with Gasteiger partial charge in [0.05, 0.1) is 11.4 Å². The molecular weight excluding hydrogens is 717 g/mol. The summed E-state index contributed by atoms with van der Waals surface area (Å²) in [5.74, 6) is -0.460. The number of azo groups is 1. The summed E-state index contributed by atoms with van der Waals surface area (Å²) in [7, 11) is -3.95. The summed E-state index contributed by atoms with van der Waals surface area (Å²) in [6.07, 6.45) is 0. The maximum atomic E-state index is 10.4. The van der Waals surface area contributed by atoms with E-state index in [1.54, 1.807) is 12.1 Å². The molecule has 0 saturated heterocycles. The number of rotatable bonds is 5. The SMILES string of the molecule is CC.CC.Cc1cc(N=Nc2ccc3ccccc3c2)ccc1N.Cc1ccccc1N.Cc1ccccc1NCS(=O)(=O)O.Nc1ccc2ccccc2c1. The lowest BCUT2D eigenvalue weighted by Crippen LogP contribution is -2.13. The van der Waals surface area contributed by atoms with E-state index < -0.39 is 16.0 Å². The smallest absolute Gasteiger partial charge is 0.283 e. The number of benzene rings is 7. The molecule has 0 fully saturated rings. The van der Waals surface area contributed by atoms with Crippen molar-refractivity contribution >= 4 is 65.8 Å². The van der Waals surface area contributed by atoms with E-state index in [0.29, 0.717) is 5.69 Å². The Bertz CT molecular complexity index is 2360. The Morgan fingerprint density at radius 2 is 0.946 bits per heavy atom. The molecule has 0 spiro atoms. The van der Waals surface area contributed by atoms with Gasteiger partial charge in [-0.05, 0) is 114 Å². The number of nitrogens with zero attached hydrogens (tertiary/aromatic N) is 2. The minimum atomic E-state index is -3.95. The third kappa shape index (κ3) is 16.4. The second-order valence-corrected chi connectivity index (χ2v) is 13.4. The van der Waals surface area contributed by atoms with E-state index in [-0.39, 0.29) is 0 Å². The lowest BCUT2D eigenvalue weighted by molar-refractivity contribution is 0.485. The summed E-state index contributed by atoms with van der Waals surface area (Å²) in [5, 5.41) is 16.0. The molecule has 0 aromatic heterocycles. The third-order valence-corrected chi connectivity index (χ3v) is 8.33. The molecule has 0 bridgehead atoms. The molecule has 0 amide bonds. The highest BCUT2D eigenvalue weighted by atomic mass is 32.2. The number of hydrogen-bond donors (Lipinski definition) is 5. The van der Waals surface area contributed by atoms with Gasteiger partial charge in [0.15, 0.2) is 0 Å². The van der Waals surface area contributed by atoms with Crippen LogP contribution >= 0.6 is 0 Å². The maximum Gasteiger partial charge on any atom is 0.283 e. The van der Waals surface area contributed by atoms with Crippen molar-refractivity contribution in [3.8, 4) is 0 Å². The van der Waals surface area contributed by atoms with Crippen LogP contribution in [0.2, 0.25) is 0 Å². The normalized spacial score (nSPS) is 10.1. The number of aryl methyl sites for hydroxylation is 3. The highest BCUT2D eigenvalue weighted by molar-refractivity contribution is 7.85. The number of nitrogens with one attached hydrogen (secondary N) is 1. The first-order valence-electron chi connectivity index (χ1n) is 18.4. The van der Waals surface area contributed by atoms with Crippen LogP contribution < -0.4 is 22.5 Å². The van der Waals surface area contributed by atoms with Crippen molar-refractivity contribution in [3.63, 3.8) is 0 Å². The van der Waals surface area contributed by atoms with Crippen LogP contribution in [-0.2, 0) is 10.1 Å². The first-order valence-corrected chi connectivity index (χ1v) is 20.1. The van der Waals surface area contributed by atoms with Crippen LogP contribution in [-0.4, -0.2) is 18.8 Å². The van der Waals surface area contributed by atoms with Gasteiger partial charge in [0.1, 0.15) is 5.88 Å². The van der Waals surface area contributed by atoms with E-state index in [1.807, 2.05) is 158 Å². The predicted molar refractivity (Wildman–Crippen MR) is 242 cm³/mol. The van der Waals surface area contributed by atoms with E-state index >= 15 is 0 Å². The standard InChI is InChI=1S/C17H15N3.C10H9N.C8H11NO3S.C7H9N.2C2H6/c1-12-10-15(8-9-17(12)18)19-20-16-7-6-13-4-2-3-5-14(13)11-16;11-10-6-5-8-3-1-2-4-9(8)7-10;1-7-4-2-3-5-8(7)9-6-13(10,11)12;1-6-4-2-3-5-7(6)8;2*1-2/h2-11H,18H2,1H3;1-7H,11H2;2-5,9H,6H2,1H3,(H,10,11,12);2-5H,8H2,1H3;2*1-2H3. The van der Waals surface area contributed by atoms with Gasteiger partial charge < -0.3 is 22.5 Å². The largest absolute Gasteiger partial charge is 0.399 e. The van der Waals surface area contributed by atoms with E-state index in [4.69, 9.17) is 21.8 Å². The van der Waals surface area contributed by atoms with E-state index in [9.17, 15) is 8.42 Å². The lowest BCUT2D eigenvalue weighted by Gasteiger charge is -2.06. The lowest BCUT2D eigenvalue weighted by atomic mass is 10.1. The van der Waals surface area contributed by atoms with Crippen LogP contribution in [0.3, 0.4) is 0 Å². The predicted octanol–water partition coefficient (Wildman–Crippen LogP) is 12.4. The van der Waals surface area contributed by atoms with E-state index in [1.165, 1.54) is 16.2 Å². The summed E-state index contributed by atoms with van der Waals surface area (Å²) in [5.41, 5.74) is 24.9. The van der Waals surface area contributed by atoms with Crippen molar-refractivity contribution < 1.29 is 13.0 Å². The highest BCUT2D eigenvalue weighted by Gasteiger charge is 2.04. The highest BCUT2D eigenvalue weighted by Crippen LogP contribution is 2.25. The minimum Gasteiger partial charge on any atom is -0.399 e. The van der Waals surface area contributed by atoms with Gasteiger partial charge in [0.25, 0.3) is 10.1 Å². The Kier molecular flexibility index (Phi) is 19.9. The average molecular weight is 773 g/mol. The van der Waals surface area contributed by atoms with Crippen molar-refractivity contribution in [1.29, 1.82) is 0 Å². The summed E-state index contributed by atoms with van der Waals surface area (Å²) < 4.78 is 29.3. The molecule has 0 atom stereocenters. The molecule has 10 heteroatoms. The van der Waals surface area contributed by atoms with E-state index in [0.717, 1.165) is 50.5 Å². The molecule has 0 aliphatic rings. The van der Waals surface area contributed by atoms with Crippen LogP contribution in [0.15, 0.2) is 162 Å². The first kappa shape index (κ1) is 45.9. The first-order chi connectivity index (χ1) is 26.9. The molecule has 7 aromatic rings. The second kappa shape index (κ2) is 24.2. The number of fused-ring (bicyclic) bond motifs is 2. The van der Waals surface area contributed by atoms with Crippen molar-refractivity contribution in [1.82, 2.24) is 0 Å². The third-order valence-electron chi connectivity index (χ3n) is 7.82. The maximum absolute atomic E-state index is 10.4. The summed E-state index contributed by atoms with van der Waals surface area (Å²) in [6, 6.07) is 49.1. The molecule has 0 unspecified atom stereocenters. The summed E-state index contributed by atoms with van der Waals surface area (Å²) >= 11 is 0. The van der Waals surface area contributed by atoms with Gasteiger partial charge >= 0.3 is 0 Å². The van der Waals surface area contributed by atoms with Crippen LogP contribution in [0.5, 0.6) is 0 Å². The van der Waals surface area contributed by atoms with Crippen molar-refractivity contribution in [2.45, 2.75) is 48.5 Å². The number of anilines is 4.